The largest absolute Gasteiger partial charge is 0.360 e. The van der Waals surface area contributed by atoms with Crippen LogP contribution in [0.5, 0.6) is 0 Å². The Morgan fingerprint density at radius 3 is 2.57 bits per heavy atom. The Balaban J connectivity index is 1.62. The molecule has 0 unspecified atom stereocenters. The summed E-state index contributed by atoms with van der Waals surface area (Å²) < 4.78 is 7.18. The van der Waals surface area contributed by atoms with E-state index in [1.807, 2.05) is 60.6 Å². The van der Waals surface area contributed by atoms with E-state index in [0.717, 1.165) is 17.1 Å². The fourth-order valence-corrected chi connectivity index (χ4v) is 4.31. The van der Waals surface area contributed by atoms with Crippen LogP contribution in [0.25, 0.3) is 5.82 Å². The fourth-order valence-electron chi connectivity index (χ4n) is 4.31. The summed E-state index contributed by atoms with van der Waals surface area (Å²) in [5.74, 6) is 2.04. The summed E-state index contributed by atoms with van der Waals surface area (Å²) in [6, 6.07) is 14.2. The molecule has 4 rings (SSSR count). The molecule has 1 aromatic carbocycles. The molecule has 3 heterocycles. The minimum absolute atomic E-state index is 0.0523. The van der Waals surface area contributed by atoms with Crippen molar-refractivity contribution in [3.05, 3.63) is 70.7 Å². The first-order valence-corrected chi connectivity index (χ1v) is 9.66. The van der Waals surface area contributed by atoms with Crippen LogP contribution in [0.15, 0.2) is 47.0 Å². The molecule has 1 saturated heterocycles. The fraction of sp³-hybridized carbons (Fsp3) is 0.364. The third-order valence-corrected chi connectivity index (χ3v) is 5.76. The summed E-state index contributed by atoms with van der Waals surface area (Å²) in [5.41, 5.74) is 9.84. The SMILES string of the molecule is Cc1cc(-n2c(C)cc(C(=O)N3C[C@@H](CN)[C@H](c4ccccc4)C3)c2C)no1. The first-order valence-electron chi connectivity index (χ1n) is 9.66. The van der Waals surface area contributed by atoms with Gasteiger partial charge < -0.3 is 15.2 Å². The molecular weight excluding hydrogens is 352 g/mol. The van der Waals surface area contributed by atoms with Crippen LogP contribution >= 0.6 is 0 Å². The normalized spacial score (nSPS) is 19.4. The number of nitrogens with zero attached hydrogens (tertiary/aromatic N) is 3. The van der Waals surface area contributed by atoms with Crippen molar-refractivity contribution in [1.82, 2.24) is 14.6 Å². The topological polar surface area (TPSA) is 77.3 Å². The van der Waals surface area contributed by atoms with Crippen LogP contribution < -0.4 is 5.73 Å². The summed E-state index contributed by atoms with van der Waals surface area (Å²) in [5, 5.41) is 4.10. The standard InChI is InChI=1S/C22H26N4O2/c1-14-9-19(16(3)26(14)21-10-15(2)28-24-21)22(27)25-12-18(11-23)20(13-25)17-7-5-4-6-8-17/h4-10,18,20H,11-13,23H2,1-3H3/t18-,20+/m1/s1. The third kappa shape index (κ3) is 3.14. The van der Waals surface area contributed by atoms with E-state index in [9.17, 15) is 4.79 Å². The molecule has 6 nitrogen and oxygen atoms in total. The van der Waals surface area contributed by atoms with Gasteiger partial charge >= 0.3 is 0 Å². The van der Waals surface area contributed by atoms with E-state index in [-0.39, 0.29) is 17.7 Å². The van der Waals surface area contributed by atoms with Gasteiger partial charge in [-0.05, 0) is 44.9 Å². The van der Waals surface area contributed by atoms with E-state index in [4.69, 9.17) is 10.3 Å². The Morgan fingerprint density at radius 2 is 1.93 bits per heavy atom. The highest BCUT2D eigenvalue weighted by Gasteiger charge is 2.36. The highest BCUT2D eigenvalue weighted by Crippen LogP contribution is 2.33. The first kappa shape index (κ1) is 18.5. The van der Waals surface area contributed by atoms with Crippen LogP contribution in [0.2, 0.25) is 0 Å². The number of aromatic nitrogens is 2. The van der Waals surface area contributed by atoms with Crippen molar-refractivity contribution in [3.63, 3.8) is 0 Å². The Labute approximate surface area is 164 Å². The van der Waals surface area contributed by atoms with Gasteiger partial charge in [0.2, 0.25) is 0 Å². The zero-order valence-corrected chi connectivity index (χ0v) is 16.6. The molecule has 1 aliphatic rings. The summed E-state index contributed by atoms with van der Waals surface area (Å²) in [6.07, 6.45) is 0. The number of hydrogen-bond acceptors (Lipinski definition) is 4. The lowest BCUT2D eigenvalue weighted by molar-refractivity contribution is 0.0785. The van der Waals surface area contributed by atoms with Gasteiger partial charge in [0.1, 0.15) is 5.76 Å². The molecule has 0 aliphatic carbocycles. The zero-order chi connectivity index (χ0) is 19.8. The van der Waals surface area contributed by atoms with Crippen LogP contribution in [0.3, 0.4) is 0 Å². The summed E-state index contributed by atoms with van der Waals surface area (Å²) in [4.78, 5) is 15.3. The maximum absolute atomic E-state index is 13.3. The smallest absolute Gasteiger partial charge is 0.255 e. The highest BCUT2D eigenvalue weighted by molar-refractivity contribution is 5.96. The molecule has 2 atom stereocenters. The lowest BCUT2D eigenvalue weighted by atomic mass is 9.89. The molecule has 146 valence electrons. The van der Waals surface area contributed by atoms with Crippen molar-refractivity contribution in [2.75, 3.05) is 19.6 Å². The van der Waals surface area contributed by atoms with E-state index < -0.39 is 0 Å². The number of carbonyl (C=O) groups excluding carboxylic acids is 1. The predicted molar refractivity (Wildman–Crippen MR) is 108 cm³/mol. The van der Waals surface area contributed by atoms with Gasteiger partial charge in [-0.15, -0.1) is 0 Å². The Morgan fingerprint density at radius 1 is 1.18 bits per heavy atom. The minimum Gasteiger partial charge on any atom is -0.360 e. The number of hydrogen-bond donors (Lipinski definition) is 1. The molecule has 1 amide bonds. The van der Waals surface area contributed by atoms with E-state index in [1.165, 1.54) is 5.56 Å². The molecular formula is C22H26N4O2. The van der Waals surface area contributed by atoms with Crippen LogP contribution in [-0.2, 0) is 0 Å². The van der Waals surface area contributed by atoms with Crippen molar-refractivity contribution < 1.29 is 9.32 Å². The highest BCUT2D eigenvalue weighted by atomic mass is 16.5. The number of amides is 1. The maximum Gasteiger partial charge on any atom is 0.255 e. The number of nitrogens with two attached hydrogens (primary N) is 1. The van der Waals surface area contributed by atoms with Crippen LogP contribution in [0.4, 0.5) is 0 Å². The van der Waals surface area contributed by atoms with Gasteiger partial charge in [0.05, 0.1) is 5.56 Å². The van der Waals surface area contributed by atoms with Crippen LogP contribution in [0, 0.1) is 26.7 Å². The van der Waals surface area contributed by atoms with Crippen molar-refractivity contribution in [2.24, 2.45) is 11.7 Å². The molecule has 0 bridgehead atoms. The second-order valence-corrected chi connectivity index (χ2v) is 7.64. The number of benzene rings is 1. The van der Waals surface area contributed by atoms with Gasteiger partial charge in [-0.25, -0.2) is 0 Å². The predicted octanol–water partition coefficient (Wildman–Crippen LogP) is 3.21. The van der Waals surface area contributed by atoms with Gasteiger partial charge in [0.25, 0.3) is 5.91 Å². The average molecular weight is 378 g/mol. The Bertz CT molecular complexity index is 989. The van der Waals surface area contributed by atoms with Crippen LogP contribution in [0.1, 0.15) is 39.0 Å². The molecule has 2 aromatic heterocycles. The monoisotopic (exact) mass is 378 g/mol. The maximum atomic E-state index is 13.3. The molecule has 0 radical (unpaired) electrons. The molecule has 2 N–H and O–H groups in total. The number of rotatable bonds is 4. The summed E-state index contributed by atoms with van der Waals surface area (Å²) in [7, 11) is 0. The molecule has 3 aromatic rings. The van der Waals surface area contributed by atoms with Crippen LogP contribution in [-0.4, -0.2) is 40.2 Å². The molecule has 28 heavy (non-hydrogen) atoms. The second kappa shape index (κ2) is 7.28. The third-order valence-electron chi connectivity index (χ3n) is 5.76. The van der Waals surface area contributed by atoms with E-state index in [1.54, 1.807) is 0 Å². The van der Waals surface area contributed by atoms with Gasteiger partial charge in [0.15, 0.2) is 5.82 Å². The van der Waals surface area contributed by atoms with Crippen molar-refractivity contribution in [1.29, 1.82) is 0 Å². The first-order chi connectivity index (χ1) is 13.5. The van der Waals surface area contributed by atoms with Crippen molar-refractivity contribution >= 4 is 5.91 Å². The van der Waals surface area contributed by atoms with Gasteiger partial charge in [-0.1, -0.05) is 35.5 Å². The molecule has 1 fully saturated rings. The quantitative estimate of drug-likeness (QED) is 0.756. The van der Waals surface area contributed by atoms with Gasteiger partial charge in [-0.2, -0.15) is 0 Å². The second-order valence-electron chi connectivity index (χ2n) is 7.64. The van der Waals surface area contributed by atoms with Gasteiger partial charge in [0, 0.05) is 36.5 Å². The van der Waals surface area contributed by atoms with E-state index in [2.05, 4.69) is 17.3 Å². The van der Waals surface area contributed by atoms with Gasteiger partial charge in [-0.3, -0.25) is 9.36 Å². The van der Waals surface area contributed by atoms with Crippen molar-refractivity contribution in [3.8, 4) is 5.82 Å². The summed E-state index contributed by atoms with van der Waals surface area (Å²) >= 11 is 0. The molecule has 0 spiro atoms. The molecule has 1 aliphatic heterocycles. The van der Waals surface area contributed by atoms with E-state index in [0.29, 0.717) is 31.0 Å². The average Bonchev–Trinajstić information content (AvgIpc) is 3.39. The summed E-state index contributed by atoms with van der Waals surface area (Å²) in [6.45, 7) is 7.74. The zero-order valence-electron chi connectivity index (χ0n) is 16.6. The van der Waals surface area contributed by atoms with E-state index >= 15 is 0 Å². The lowest BCUT2D eigenvalue weighted by Gasteiger charge is -2.17. The van der Waals surface area contributed by atoms with Crippen molar-refractivity contribution in [2.45, 2.75) is 26.7 Å². The Kier molecular flexibility index (Phi) is 4.81. The Hall–Kier alpha value is -2.86. The molecule has 6 heteroatoms. The molecule has 0 saturated carbocycles. The minimum atomic E-state index is 0.0523. The number of likely N-dealkylation sites (tertiary alicyclic amines) is 1. The number of carbonyl (C=O) groups is 1. The lowest BCUT2D eigenvalue weighted by Crippen LogP contribution is -2.30. The number of aryl methyl sites for hydroxylation is 2.